The van der Waals surface area contributed by atoms with Crippen molar-refractivity contribution in [2.45, 2.75) is 38.1 Å². The van der Waals surface area contributed by atoms with E-state index in [1.54, 1.807) is 24.3 Å². The predicted molar refractivity (Wildman–Crippen MR) is 102 cm³/mol. The van der Waals surface area contributed by atoms with Gasteiger partial charge in [0.25, 0.3) is 11.8 Å². The van der Waals surface area contributed by atoms with Crippen LogP contribution in [0.3, 0.4) is 0 Å². The Bertz CT molecular complexity index is 936. The van der Waals surface area contributed by atoms with Crippen molar-refractivity contribution in [1.29, 1.82) is 5.26 Å². The number of benzene rings is 1. The van der Waals surface area contributed by atoms with E-state index in [9.17, 15) is 14.4 Å². The minimum Gasteiger partial charge on any atom is -0.436 e. The lowest BCUT2D eigenvalue weighted by Gasteiger charge is -2.22. The molecule has 0 aliphatic heterocycles. The lowest BCUT2D eigenvalue weighted by molar-refractivity contribution is -0.117. The van der Waals surface area contributed by atoms with Gasteiger partial charge in [-0.1, -0.05) is 31.4 Å². The Morgan fingerprint density at radius 3 is 2.89 bits per heavy atom. The fourth-order valence-electron chi connectivity index (χ4n) is 3.01. The molecule has 1 aliphatic carbocycles. The number of nitrogens with one attached hydrogen (secondary N) is 1. The maximum Gasteiger partial charge on any atom is 0.262 e. The molecule has 1 aliphatic rings. The molecule has 0 atom stereocenters. The van der Waals surface area contributed by atoms with Crippen LogP contribution in [0.1, 0.15) is 37.7 Å². The fourth-order valence-corrected chi connectivity index (χ4v) is 3.13. The molecular formula is C20H18ClFN4O2. The summed E-state index contributed by atoms with van der Waals surface area (Å²) >= 11 is 5.66. The predicted octanol–water partition coefficient (Wildman–Crippen LogP) is 4.42. The lowest BCUT2D eigenvalue weighted by atomic mass is 9.95. The van der Waals surface area contributed by atoms with Crippen LogP contribution in [0.25, 0.3) is 6.08 Å². The van der Waals surface area contributed by atoms with Crippen molar-refractivity contribution < 1.29 is 13.9 Å². The highest BCUT2D eigenvalue weighted by Gasteiger charge is 2.18. The summed E-state index contributed by atoms with van der Waals surface area (Å²) in [6.45, 7) is 0. The van der Waals surface area contributed by atoms with Crippen LogP contribution in [0.4, 0.5) is 4.39 Å². The van der Waals surface area contributed by atoms with Gasteiger partial charge in [0.15, 0.2) is 0 Å². The molecule has 28 heavy (non-hydrogen) atoms. The molecule has 0 radical (unpaired) electrons. The first-order valence-electron chi connectivity index (χ1n) is 8.94. The molecule has 1 N–H and O–H groups in total. The Kier molecular flexibility index (Phi) is 6.56. The zero-order valence-corrected chi connectivity index (χ0v) is 15.7. The number of nitrogens with zero attached hydrogens (tertiary/aromatic N) is 3. The number of nitriles is 1. The minimum absolute atomic E-state index is 0.000940. The van der Waals surface area contributed by atoms with Crippen LogP contribution in [0.15, 0.2) is 36.0 Å². The Morgan fingerprint density at radius 1 is 1.36 bits per heavy atom. The molecule has 8 heteroatoms. The number of halogens is 2. The van der Waals surface area contributed by atoms with Crippen LogP contribution in [0.5, 0.6) is 11.6 Å². The summed E-state index contributed by atoms with van der Waals surface area (Å²) in [6.07, 6.45) is 7.59. The molecule has 0 bridgehead atoms. The smallest absolute Gasteiger partial charge is 0.262 e. The maximum absolute atomic E-state index is 13.7. The number of hydrogen-bond acceptors (Lipinski definition) is 5. The second-order valence-corrected chi connectivity index (χ2v) is 6.78. The molecule has 1 saturated carbocycles. The molecule has 1 amide bonds. The average Bonchev–Trinajstić information content (AvgIpc) is 2.70. The van der Waals surface area contributed by atoms with Gasteiger partial charge in [0.1, 0.15) is 17.4 Å². The highest BCUT2D eigenvalue weighted by Crippen LogP contribution is 2.24. The topological polar surface area (TPSA) is 87.9 Å². The number of aromatic nitrogens is 2. The van der Waals surface area contributed by atoms with E-state index in [-0.39, 0.29) is 28.5 Å². The van der Waals surface area contributed by atoms with Gasteiger partial charge in [0, 0.05) is 6.04 Å². The van der Waals surface area contributed by atoms with Gasteiger partial charge < -0.3 is 10.1 Å². The van der Waals surface area contributed by atoms with Gasteiger partial charge in [-0.2, -0.15) is 14.6 Å². The van der Waals surface area contributed by atoms with E-state index in [1.165, 1.54) is 12.5 Å². The van der Waals surface area contributed by atoms with Crippen LogP contribution in [-0.2, 0) is 4.79 Å². The van der Waals surface area contributed by atoms with Crippen molar-refractivity contribution in [2.24, 2.45) is 0 Å². The van der Waals surface area contributed by atoms with Crippen molar-refractivity contribution in [3.05, 3.63) is 52.7 Å². The molecule has 144 valence electrons. The van der Waals surface area contributed by atoms with E-state index in [0.29, 0.717) is 5.56 Å². The molecule has 1 aromatic heterocycles. The summed E-state index contributed by atoms with van der Waals surface area (Å²) < 4.78 is 19.1. The third kappa shape index (κ3) is 5.27. The van der Waals surface area contributed by atoms with Gasteiger partial charge in [0.05, 0.1) is 6.20 Å². The summed E-state index contributed by atoms with van der Waals surface area (Å²) in [4.78, 5) is 19.6. The maximum atomic E-state index is 13.7. The lowest BCUT2D eigenvalue weighted by Crippen LogP contribution is -2.36. The fraction of sp³-hybridized carbons (Fsp3) is 0.300. The van der Waals surface area contributed by atoms with Crippen LogP contribution in [0.2, 0.25) is 5.28 Å². The second-order valence-electron chi connectivity index (χ2n) is 6.44. The van der Waals surface area contributed by atoms with E-state index in [0.717, 1.165) is 31.9 Å². The molecule has 3 rings (SSSR count). The van der Waals surface area contributed by atoms with Crippen LogP contribution < -0.4 is 10.1 Å². The van der Waals surface area contributed by atoms with E-state index in [2.05, 4.69) is 15.3 Å². The molecular weight excluding hydrogens is 383 g/mol. The number of carbonyl (C=O) groups excluding carboxylic acids is 1. The van der Waals surface area contributed by atoms with Crippen molar-refractivity contribution in [2.75, 3.05) is 0 Å². The largest absolute Gasteiger partial charge is 0.436 e. The van der Waals surface area contributed by atoms with Crippen molar-refractivity contribution in [3.63, 3.8) is 0 Å². The second kappa shape index (κ2) is 9.29. The quantitative estimate of drug-likeness (QED) is 0.456. The summed E-state index contributed by atoms with van der Waals surface area (Å²) in [5.41, 5.74) is 0.562. The summed E-state index contributed by atoms with van der Waals surface area (Å²) in [7, 11) is 0. The van der Waals surface area contributed by atoms with E-state index in [4.69, 9.17) is 16.3 Å². The summed E-state index contributed by atoms with van der Waals surface area (Å²) in [5, 5.41) is 12.1. The SMILES string of the molecule is N#C/C(=C\c1cccc(Oc2nc(Cl)ncc2F)c1)C(=O)NC1CCCCC1. The number of hydrogen-bond donors (Lipinski definition) is 1. The van der Waals surface area contributed by atoms with Crippen molar-refractivity contribution in [1.82, 2.24) is 15.3 Å². The normalized spacial score (nSPS) is 15.0. The Morgan fingerprint density at radius 2 is 2.14 bits per heavy atom. The van der Waals surface area contributed by atoms with Gasteiger partial charge >= 0.3 is 0 Å². The molecule has 1 heterocycles. The zero-order chi connectivity index (χ0) is 19.9. The minimum atomic E-state index is -0.755. The first kappa shape index (κ1) is 19.8. The molecule has 0 spiro atoms. The van der Waals surface area contributed by atoms with Crippen molar-refractivity contribution >= 4 is 23.6 Å². The van der Waals surface area contributed by atoms with Crippen molar-refractivity contribution in [3.8, 4) is 17.7 Å². The first-order chi connectivity index (χ1) is 13.5. The third-order valence-corrected chi connectivity index (χ3v) is 4.55. The molecule has 0 unspecified atom stereocenters. The highest BCUT2D eigenvalue weighted by atomic mass is 35.5. The van der Waals surface area contributed by atoms with Crippen LogP contribution in [0, 0.1) is 17.1 Å². The number of rotatable bonds is 5. The summed E-state index contributed by atoms with van der Waals surface area (Å²) in [5.74, 6) is -1.17. The Balaban J connectivity index is 1.75. The zero-order valence-electron chi connectivity index (χ0n) is 15.0. The Hall–Kier alpha value is -2.98. The van der Waals surface area contributed by atoms with E-state index < -0.39 is 11.7 Å². The van der Waals surface area contributed by atoms with E-state index >= 15 is 0 Å². The molecule has 0 saturated heterocycles. The number of carbonyl (C=O) groups is 1. The number of amides is 1. The van der Waals surface area contributed by atoms with Gasteiger partial charge in [-0.05, 0) is 48.2 Å². The highest BCUT2D eigenvalue weighted by molar-refractivity contribution is 6.28. The molecule has 1 aromatic carbocycles. The van der Waals surface area contributed by atoms with Gasteiger partial charge in [-0.25, -0.2) is 4.98 Å². The standard InChI is InChI=1S/C20H18ClFN4O2/c21-20-24-12-17(22)19(26-20)28-16-8-4-5-13(10-16)9-14(11-23)18(27)25-15-6-2-1-3-7-15/h4-5,8-10,12,15H,1-3,6-7H2,(H,25,27)/b14-9+. The average molecular weight is 401 g/mol. The Labute approximate surface area is 167 Å². The molecule has 2 aromatic rings. The first-order valence-corrected chi connectivity index (χ1v) is 9.31. The van der Waals surface area contributed by atoms with Gasteiger partial charge in [0.2, 0.25) is 11.1 Å². The van der Waals surface area contributed by atoms with E-state index in [1.807, 2.05) is 6.07 Å². The summed E-state index contributed by atoms with van der Waals surface area (Å²) in [6, 6.07) is 8.59. The van der Waals surface area contributed by atoms with Crippen LogP contribution >= 0.6 is 11.6 Å². The van der Waals surface area contributed by atoms with Gasteiger partial charge in [-0.15, -0.1) is 0 Å². The number of ether oxygens (including phenoxy) is 1. The van der Waals surface area contributed by atoms with Gasteiger partial charge in [-0.3, -0.25) is 4.79 Å². The molecule has 1 fully saturated rings. The third-order valence-electron chi connectivity index (χ3n) is 4.37. The van der Waals surface area contributed by atoms with Crippen LogP contribution in [-0.4, -0.2) is 21.9 Å². The molecule has 6 nitrogen and oxygen atoms in total. The monoisotopic (exact) mass is 400 g/mol.